The van der Waals surface area contributed by atoms with Gasteiger partial charge in [0.15, 0.2) is 12.1 Å². The summed E-state index contributed by atoms with van der Waals surface area (Å²) in [4.78, 5) is 0.799. The smallest absolute Gasteiger partial charge is 0.214 e. The quantitative estimate of drug-likeness (QED) is 0.771. The minimum absolute atomic E-state index is 0.330. The summed E-state index contributed by atoms with van der Waals surface area (Å²) in [6, 6.07) is 1.60. The molecule has 80 valence electrons. The molecular formula is C9H6F2O2S2. The highest BCUT2D eigenvalue weighted by Crippen LogP contribution is 2.39. The molecule has 0 unspecified atom stereocenters. The normalized spacial score (nSPS) is 18.0. The summed E-state index contributed by atoms with van der Waals surface area (Å²) in [7, 11) is 0. The fourth-order valence-corrected chi connectivity index (χ4v) is 3.67. The van der Waals surface area contributed by atoms with Crippen LogP contribution >= 0.6 is 22.7 Å². The topological polar surface area (TPSA) is 18.5 Å². The van der Waals surface area contributed by atoms with E-state index in [9.17, 15) is 8.78 Å². The van der Waals surface area contributed by atoms with E-state index >= 15 is 0 Å². The van der Waals surface area contributed by atoms with Gasteiger partial charge in [-0.3, -0.25) is 0 Å². The van der Waals surface area contributed by atoms with Crippen molar-refractivity contribution in [1.82, 2.24) is 0 Å². The highest BCUT2D eigenvalue weighted by Gasteiger charge is 2.23. The molecule has 0 aliphatic carbocycles. The number of fused-ring (bicyclic) bond motifs is 1. The molecule has 1 aliphatic heterocycles. The van der Waals surface area contributed by atoms with E-state index in [1.807, 2.05) is 0 Å². The van der Waals surface area contributed by atoms with Gasteiger partial charge in [-0.25, -0.2) is 4.39 Å². The lowest BCUT2D eigenvalue weighted by atomic mass is 10.3. The van der Waals surface area contributed by atoms with Gasteiger partial charge in [0.25, 0.3) is 0 Å². The van der Waals surface area contributed by atoms with Crippen LogP contribution < -0.4 is 0 Å². The minimum atomic E-state index is -0.768. The molecule has 2 nitrogen and oxygen atoms in total. The van der Waals surface area contributed by atoms with Crippen molar-refractivity contribution < 1.29 is 18.3 Å². The van der Waals surface area contributed by atoms with E-state index in [4.69, 9.17) is 9.47 Å². The Labute approximate surface area is 92.0 Å². The highest BCUT2D eigenvalue weighted by molar-refractivity contribution is 7.37. The maximum absolute atomic E-state index is 13.2. The summed E-state index contributed by atoms with van der Waals surface area (Å²) in [6.45, 7) is 1.10. The lowest BCUT2D eigenvalue weighted by Gasteiger charge is -2.04. The van der Waals surface area contributed by atoms with Crippen molar-refractivity contribution in [3.05, 3.63) is 21.9 Å². The van der Waals surface area contributed by atoms with Gasteiger partial charge in [-0.1, -0.05) is 11.3 Å². The number of halogens is 2. The fourth-order valence-electron chi connectivity index (χ4n) is 1.49. The fraction of sp³-hybridized carbons (Fsp3) is 0.333. The summed E-state index contributed by atoms with van der Waals surface area (Å²) in [5.74, 6) is -0.768. The SMILES string of the molecule is Fc1sc2sc(C3OCCO3)cc2c1F. The standard InChI is InChI=1S/C9H6F2O2S2/c10-6-4-3-5(8-12-1-2-13-8)14-9(4)15-7(6)11/h3,8H,1-2H2. The molecule has 6 heteroatoms. The summed E-state index contributed by atoms with van der Waals surface area (Å²) >= 11 is 2.14. The van der Waals surface area contributed by atoms with Gasteiger partial charge in [-0.05, 0) is 6.07 Å². The lowest BCUT2D eigenvalue weighted by Crippen LogP contribution is -1.93. The van der Waals surface area contributed by atoms with Crippen LogP contribution in [-0.4, -0.2) is 13.2 Å². The minimum Gasteiger partial charge on any atom is -0.345 e. The van der Waals surface area contributed by atoms with Crippen LogP contribution in [0.15, 0.2) is 6.07 Å². The van der Waals surface area contributed by atoms with E-state index in [1.54, 1.807) is 6.07 Å². The Morgan fingerprint density at radius 3 is 2.60 bits per heavy atom. The predicted octanol–water partition coefficient (Wildman–Crippen LogP) is 3.29. The van der Waals surface area contributed by atoms with Crippen molar-refractivity contribution in [2.75, 3.05) is 13.2 Å². The molecule has 0 saturated carbocycles. The van der Waals surface area contributed by atoms with Crippen LogP contribution in [0, 0.1) is 10.9 Å². The van der Waals surface area contributed by atoms with E-state index in [2.05, 4.69) is 0 Å². The summed E-state index contributed by atoms with van der Waals surface area (Å²) in [5, 5.41) is -0.423. The Balaban J connectivity index is 2.06. The summed E-state index contributed by atoms with van der Waals surface area (Å²) < 4.78 is 37.3. The van der Waals surface area contributed by atoms with Crippen LogP contribution in [0.1, 0.15) is 11.2 Å². The summed E-state index contributed by atoms with van der Waals surface area (Å²) in [5.41, 5.74) is 0. The third-order valence-electron chi connectivity index (χ3n) is 2.16. The number of thiophene rings is 2. The van der Waals surface area contributed by atoms with Gasteiger partial charge in [0.05, 0.1) is 22.1 Å². The second-order valence-electron chi connectivity index (χ2n) is 3.11. The third kappa shape index (κ3) is 1.48. The molecule has 0 radical (unpaired) electrons. The van der Waals surface area contributed by atoms with Crippen LogP contribution in [0.3, 0.4) is 0 Å². The third-order valence-corrected chi connectivity index (χ3v) is 4.38. The molecule has 2 aromatic rings. The molecule has 0 atom stereocenters. The number of hydrogen-bond acceptors (Lipinski definition) is 4. The monoisotopic (exact) mass is 248 g/mol. The first-order chi connectivity index (χ1) is 7.25. The first-order valence-corrected chi connectivity index (χ1v) is 5.99. The van der Waals surface area contributed by atoms with Crippen molar-refractivity contribution in [1.29, 1.82) is 0 Å². The Kier molecular flexibility index (Phi) is 2.24. The number of ether oxygens (including phenoxy) is 2. The zero-order chi connectivity index (χ0) is 10.4. The molecule has 2 aromatic heterocycles. The second kappa shape index (κ2) is 3.48. The van der Waals surface area contributed by atoms with Crippen molar-refractivity contribution in [3.63, 3.8) is 0 Å². The van der Waals surface area contributed by atoms with Gasteiger partial charge in [0, 0.05) is 5.39 Å². The lowest BCUT2D eigenvalue weighted by molar-refractivity contribution is -0.0412. The second-order valence-corrected chi connectivity index (χ2v) is 5.43. The van der Waals surface area contributed by atoms with E-state index in [-0.39, 0.29) is 0 Å². The molecule has 15 heavy (non-hydrogen) atoms. The number of hydrogen-bond donors (Lipinski definition) is 0. The maximum Gasteiger partial charge on any atom is 0.214 e. The van der Waals surface area contributed by atoms with Crippen molar-refractivity contribution in [3.8, 4) is 0 Å². The van der Waals surface area contributed by atoms with Crippen molar-refractivity contribution >= 4 is 32.1 Å². The predicted molar refractivity (Wildman–Crippen MR) is 54.3 cm³/mol. The Morgan fingerprint density at radius 2 is 1.93 bits per heavy atom. The molecule has 3 heterocycles. The molecule has 1 aliphatic rings. The molecule has 0 N–H and O–H groups in total. The Morgan fingerprint density at radius 1 is 1.20 bits per heavy atom. The molecular weight excluding hydrogens is 242 g/mol. The van der Waals surface area contributed by atoms with Gasteiger partial charge in [0.2, 0.25) is 5.13 Å². The van der Waals surface area contributed by atoms with Crippen LogP contribution in [0.5, 0.6) is 0 Å². The molecule has 1 saturated heterocycles. The Hall–Kier alpha value is -0.560. The summed E-state index contributed by atoms with van der Waals surface area (Å²) in [6.07, 6.45) is -0.405. The van der Waals surface area contributed by atoms with Crippen LogP contribution in [0.25, 0.3) is 9.40 Å². The largest absolute Gasteiger partial charge is 0.345 e. The van der Waals surface area contributed by atoms with E-state index < -0.39 is 17.2 Å². The maximum atomic E-state index is 13.2. The van der Waals surface area contributed by atoms with Crippen LogP contribution in [0.2, 0.25) is 0 Å². The van der Waals surface area contributed by atoms with Crippen LogP contribution in [0.4, 0.5) is 8.78 Å². The first kappa shape index (κ1) is 9.65. The highest BCUT2D eigenvalue weighted by atomic mass is 32.2. The van der Waals surface area contributed by atoms with Gasteiger partial charge in [-0.15, -0.1) is 11.3 Å². The molecule has 0 amide bonds. The molecule has 3 rings (SSSR count). The number of rotatable bonds is 1. The van der Waals surface area contributed by atoms with E-state index in [0.717, 1.165) is 16.2 Å². The van der Waals surface area contributed by atoms with Gasteiger partial charge in [-0.2, -0.15) is 4.39 Å². The van der Waals surface area contributed by atoms with Crippen molar-refractivity contribution in [2.24, 2.45) is 0 Å². The zero-order valence-electron chi connectivity index (χ0n) is 7.46. The molecule has 0 bridgehead atoms. The van der Waals surface area contributed by atoms with Gasteiger partial charge >= 0.3 is 0 Å². The van der Waals surface area contributed by atoms with Gasteiger partial charge in [0.1, 0.15) is 0 Å². The zero-order valence-corrected chi connectivity index (χ0v) is 9.09. The van der Waals surface area contributed by atoms with Gasteiger partial charge < -0.3 is 9.47 Å². The molecule has 1 fully saturated rings. The van der Waals surface area contributed by atoms with E-state index in [1.165, 1.54) is 11.3 Å². The average molecular weight is 248 g/mol. The molecule has 0 aromatic carbocycles. The van der Waals surface area contributed by atoms with Crippen LogP contribution in [-0.2, 0) is 9.47 Å². The Bertz CT molecular complexity index is 499. The molecule has 0 spiro atoms. The van der Waals surface area contributed by atoms with Crippen molar-refractivity contribution in [2.45, 2.75) is 6.29 Å². The first-order valence-electron chi connectivity index (χ1n) is 4.36. The van der Waals surface area contributed by atoms with E-state index in [0.29, 0.717) is 22.6 Å². The average Bonchev–Trinajstić information content (AvgIpc) is 2.86.